The minimum Gasteiger partial charge on any atom is -0.398 e. The van der Waals surface area contributed by atoms with Gasteiger partial charge in [0.05, 0.1) is 11.2 Å². The van der Waals surface area contributed by atoms with E-state index in [0.29, 0.717) is 17.8 Å². The first-order chi connectivity index (χ1) is 7.85. The molecule has 0 radical (unpaired) electrons. The largest absolute Gasteiger partial charge is 0.398 e. The number of anilines is 1. The Morgan fingerprint density at radius 3 is 2.76 bits per heavy atom. The third kappa shape index (κ3) is 3.71. The van der Waals surface area contributed by atoms with Crippen LogP contribution in [0.15, 0.2) is 12.3 Å². The first kappa shape index (κ1) is 13.4. The van der Waals surface area contributed by atoms with Crippen molar-refractivity contribution in [2.24, 2.45) is 0 Å². The molecular formula is C12H19N3O2. The SMILES string of the molecule is COC(C)(C)CNC(=O)c1cnc(C)cc1N. The molecule has 0 bridgehead atoms. The normalized spacial score (nSPS) is 11.3. The van der Waals surface area contributed by atoms with Crippen LogP contribution >= 0.6 is 0 Å². The Bertz CT molecular complexity index is 416. The molecular weight excluding hydrogens is 218 g/mol. The monoisotopic (exact) mass is 237 g/mol. The van der Waals surface area contributed by atoms with Crippen LogP contribution in [0, 0.1) is 6.92 Å². The van der Waals surface area contributed by atoms with Crippen LogP contribution in [0.25, 0.3) is 0 Å². The highest BCUT2D eigenvalue weighted by Gasteiger charge is 2.18. The zero-order chi connectivity index (χ0) is 13.1. The summed E-state index contributed by atoms with van der Waals surface area (Å²) in [6.07, 6.45) is 1.49. The fraction of sp³-hybridized carbons (Fsp3) is 0.500. The number of nitrogens with two attached hydrogens (primary N) is 1. The van der Waals surface area contributed by atoms with Gasteiger partial charge in [-0.05, 0) is 26.8 Å². The summed E-state index contributed by atoms with van der Waals surface area (Å²) in [7, 11) is 1.61. The molecule has 1 rings (SSSR count). The molecule has 1 aromatic heterocycles. The Morgan fingerprint density at radius 2 is 2.24 bits per heavy atom. The van der Waals surface area contributed by atoms with Gasteiger partial charge in [0.15, 0.2) is 0 Å². The van der Waals surface area contributed by atoms with Crippen molar-refractivity contribution in [1.82, 2.24) is 10.3 Å². The van der Waals surface area contributed by atoms with Crippen LogP contribution in [0.1, 0.15) is 29.9 Å². The van der Waals surface area contributed by atoms with Crippen LogP contribution in [0.4, 0.5) is 5.69 Å². The number of hydrogen-bond acceptors (Lipinski definition) is 4. The number of aryl methyl sites for hydroxylation is 1. The van der Waals surface area contributed by atoms with Gasteiger partial charge in [-0.25, -0.2) is 0 Å². The van der Waals surface area contributed by atoms with E-state index in [2.05, 4.69) is 10.3 Å². The highest BCUT2D eigenvalue weighted by Crippen LogP contribution is 2.12. The van der Waals surface area contributed by atoms with E-state index in [9.17, 15) is 4.79 Å². The first-order valence-corrected chi connectivity index (χ1v) is 5.41. The third-order valence-electron chi connectivity index (χ3n) is 2.54. The zero-order valence-corrected chi connectivity index (χ0v) is 10.7. The van der Waals surface area contributed by atoms with E-state index in [-0.39, 0.29) is 5.91 Å². The highest BCUT2D eigenvalue weighted by molar-refractivity contribution is 5.98. The standard InChI is InChI=1S/C12H19N3O2/c1-8-5-10(13)9(6-14-8)11(16)15-7-12(2,3)17-4/h5-6H,7H2,1-4H3,(H2,13,14)(H,15,16). The van der Waals surface area contributed by atoms with Gasteiger partial charge in [0.1, 0.15) is 0 Å². The molecule has 0 atom stereocenters. The van der Waals surface area contributed by atoms with E-state index in [1.54, 1.807) is 13.2 Å². The van der Waals surface area contributed by atoms with Crippen LogP contribution in [-0.2, 0) is 4.74 Å². The van der Waals surface area contributed by atoms with Crippen molar-refractivity contribution >= 4 is 11.6 Å². The molecule has 0 aliphatic rings. The van der Waals surface area contributed by atoms with Crippen LogP contribution in [-0.4, -0.2) is 30.1 Å². The number of amides is 1. The van der Waals surface area contributed by atoms with Gasteiger partial charge in [-0.1, -0.05) is 0 Å². The smallest absolute Gasteiger partial charge is 0.255 e. The van der Waals surface area contributed by atoms with E-state index < -0.39 is 5.60 Å². The molecule has 5 heteroatoms. The molecule has 1 amide bonds. The Kier molecular flexibility index (Phi) is 4.07. The summed E-state index contributed by atoms with van der Waals surface area (Å²) in [5.74, 6) is -0.236. The number of nitrogen functional groups attached to an aromatic ring is 1. The topological polar surface area (TPSA) is 77.2 Å². The maximum Gasteiger partial charge on any atom is 0.255 e. The predicted octanol–water partition coefficient (Wildman–Crippen LogP) is 1.13. The van der Waals surface area contributed by atoms with Gasteiger partial charge >= 0.3 is 0 Å². The van der Waals surface area contributed by atoms with E-state index in [1.165, 1.54) is 6.20 Å². The molecule has 0 unspecified atom stereocenters. The summed E-state index contributed by atoms with van der Waals surface area (Å²) in [4.78, 5) is 15.9. The highest BCUT2D eigenvalue weighted by atomic mass is 16.5. The number of aromatic nitrogens is 1. The number of carbonyl (C=O) groups is 1. The summed E-state index contributed by atoms with van der Waals surface area (Å²) >= 11 is 0. The van der Waals surface area contributed by atoms with Crippen molar-refractivity contribution in [3.63, 3.8) is 0 Å². The quantitative estimate of drug-likeness (QED) is 0.823. The van der Waals surface area contributed by atoms with Crippen molar-refractivity contribution < 1.29 is 9.53 Å². The molecule has 0 fully saturated rings. The van der Waals surface area contributed by atoms with E-state index in [1.807, 2.05) is 20.8 Å². The maximum atomic E-state index is 11.9. The second kappa shape index (κ2) is 5.14. The van der Waals surface area contributed by atoms with E-state index in [4.69, 9.17) is 10.5 Å². The lowest BCUT2D eigenvalue weighted by Crippen LogP contribution is -2.39. The molecule has 0 aromatic carbocycles. The lowest BCUT2D eigenvalue weighted by Gasteiger charge is -2.23. The van der Waals surface area contributed by atoms with Gasteiger partial charge < -0.3 is 15.8 Å². The predicted molar refractivity (Wildman–Crippen MR) is 66.8 cm³/mol. The van der Waals surface area contributed by atoms with Gasteiger partial charge in [-0.3, -0.25) is 9.78 Å². The number of nitrogens with zero attached hydrogens (tertiary/aromatic N) is 1. The van der Waals surface area contributed by atoms with E-state index >= 15 is 0 Å². The van der Waals surface area contributed by atoms with Crippen molar-refractivity contribution in [2.45, 2.75) is 26.4 Å². The molecule has 0 saturated carbocycles. The molecule has 0 saturated heterocycles. The zero-order valence-electron chi connectivity index (χ0n) is 10.7. The molecule has 1 aromatic rings. The summed E-state index contributed by atoms with van der Waals surface area (Å²) in [5.41, 5.74) is 6.98. The number of ether oxygens (including phenoxy) is 1. The number of nitrogens with one attached hydrogen (secondary N) is 1. The van der Waals surface area contributed by atoms with Gasteiger partial charge in [0.25, 0.3) is 5.91 Å². The van der Waals surface area contributed by atoms with Crippen molar-refractivity contribution in [3.05, 3.63) is 23.5 Å². The maximum absolute atomic E-state index is 11.9. The fourth-order valence-electron chi connectivity index (χ4n) is 1.23. The van der Waals surface area contributed by atoms with Crippen LogP contribution in [0.3, 0.4) is 0 Å². The van der Waals surface area contributed by atoms with Gasteiger partial charge in [-0.2, -0.15) is 0 Å². The van der Waals surface area contributed by atoms with Gasteiger partial charge in [-0.15, -0.1) is 0 Å². The Morgan fingerprint density at radius 1 is 1.59 bits per heavy atom. The Labute approximate surface area is 101 Å². The Hall–Kier alpha value is -1.62. The average Bonchev–Trinajstić information content (AvgIpc) is 2.26. The minimum absolute atomic E-state index is 0.236. The third-order valence-corrected chi connectivity index (χ3v) is 2.54. The lowest BCUT2D eigenvalue weighted by molar-refractivity contribution is 0.0229. The number of carbonyl (C=O) groups excluding carboxylic acids is 1. The molecule has 3 N–H and O–H groups in total. The van der Waals surface area contributed by atoms with Crippen LogP contribution < -0.4 is 11.1 Å². The summed E-state index contributed by atoms with van der Waals surface area (Å²) < 4.78 is 5.21. The summed E-state index contributed by atoms with van der Waals surface area (Å²) in [6, 6.07) is 1.68. The molecule has 17 heavy (non-hydrogen) atoms. The summed E-state index contributed by atoms with van der Waals surface area (Å²) in [5, 5.41) is 2.77. The number of rotatable bonds is 4. The van der Waals surface area contributed by atoms with Crippen molar-refractivity contribution in [2.75, 3.05) is 19.4 Å². The van der Waals surface area contributed by atoms with Crippen molar-refractivity contribution in [3.8, 4) is 0 Å². The molecule has 94 valence electrons. The number of pyridine rings is 1. The molecule has 0 aliphatic heterocycles. The van der Waals surface area contributed by atoms with Crippen LogP contribution in [0.2, 0.25) is 0 Å². The molecule has 0 spiro atoms. The summed E-state index contributed by atoms with van der Waals surface area (Å²) in [6.45, 7) is 6.02. The van der Waals surface area contributed by atoms with Crippen molar-refractivity contribution in [1.29, 1.82) is 0 Å². The molecule has 1 heterocycles. The number of methoxy groups -OCH3 is 1. The second-order valence-corrected chi connectivity index (χ2v) is 4.56. The minimum atomic E-state index is -0.400. The van der Waals surface area contributed by atoms with Crippen LogP contribution in [0.5, 0.6) is 0 Å². The fourth-order valence-corrected chi connectivity index (χ4v) is 1.23. The average molecular weight is 237 g/mol. The molecule has 0 aliphatic carbocycles. The lowest BCUT2D eigenvalue weighted by atomic mass is 10.1. The van der Waals surface area contributed by atoms with Gasteiger partial charge in [0, 0.05) is 31.2 Å². The number of hydrogen-bond donors (Lipinski definition) is 2. The molecule has 5 nitrogen and oxygen atoms in total. The first-order valence-electron chi connectivity index (χ1n) is 5.41. The van der Waals surface area contributed by atoms with E-state index in [0.717, 1.165) is 5.69 Å². The van der Waals surface area contributed by atoms with Gasteiger partial charge in [0.2, 0.25) is 0 Å². The Balaban J connectivity index is 2.71. The second-order valence-electron chi connectivity index (χ2n) is 4.56.